The first-order chi connectivity index (χ1) is 25.8. The Morgan fingerprint density at radius 1 is 0.717 bits per heavy atom. The lowest BCUT2D eigenvalue weighted by Crippen LogP contribution is -2.54. The maximum absolute atomic E-state index is 13.3. The number of nitrogens with zero attached hydrogens (tertiary/aromatic N) is 2. The van der Waals surface area contributed by atoms with Crippen molar-refractivity contribution < 1.29 is 24.3 Å². The number of carbonyl (C=O) groups excluding carboxylic acids is 4. The van der Waals surface area contributed by atoms with Crippen molar-refractivity contribution >= 4 is 23.6 Å². The maximum Gasteiger partial charge on any atom is 0.249 e. The Morgan fingerprint density at radius 3 is 2.06 bits per heavy atom. The standard InChI is InChI=1S/C44H70N4O5/c1-2-36(31-8-4-3-5-9-31)41(33-14-17-35(49)18-15-33)32-12-10-29(11-13-32)30-22-26-47(27-23-30)25-7-6-24-45-34-16-19-37-38(28-34)44(53)48(43(37)52)39-20-21-40(50)46-42(39)51/h29-35,37-39,45,49H,2-28H2,1H3,(H,46,50,51)/b41-36+. The van der Waals surface area contributed by atoms with E-state index in [1.54, 1.807) is 0 Å². The van der Waals surface area contributed by atoms with Crippen molar-refractivity contribution in [1.82, 2.24) is 20.4 Å². The highest BCUT2D eigenvalue weighted by molar-refractivity contribution is 6.10. The van der Waals surface area contributed by atoms with Crippen molar-refractivity contribution in [3.63, 3.8) is 0 Å². The molecule has 0 radical (unpaired) electrons. The number of hydrogen-bond acceptors (Lipinski definition) is 7. The third-order valence-electron chi connectivity index (χ3n) is 15.3. The molecule has 4 amide bonds. The molecule has 3 aliphatic heterocycles. The van der Waals surface area contributed by atoms with Gasteiger partial charge in [-0.2, -0.15) is 0 Å². The first kappa shape index (κ1) is 39.1. The van der Waals surface area contributed by atoms with Crippen LogP contribution in [0.3, 0.4) is 0 Å². The fraction of sp³-hybridized carbons (Fsp3) is 0.864. The Kier molecular flexibility index (Phi) is 13.5. The second kappa shape index (κ2) is 18.2. The van der Waals surface area contributed by atoms with Gasteiger partial charge >= 0.3 is 0 Å². The van der Waals surface area contributed by atoms with Crippen LogP contribution in [0.1, 0.15) is 155 Å². The summed E-state index contributed by atoms with van der Waals surface area (Å²) in [5.74, 6) is 2.18. The quantitative estimate of drug-likeness (QED) is 0.116. The molecule has 0 aromatic carbocycles. The number of amides is 4. The van der Waals surface area contributed by atoms with Gasteiger partial charge in [-0.25, -0.2) is 0 Å². The molecule has 53 heavy (non-hydrogen) atoms. The molecule has 0 bridgehead atoms. The molecule has 3 N–H and O–H groups in total. The zero-order valence-electron chi connectivity index (χ0n) is 32.8. The van der Waals surface area contributed by atoms with Gasteiger partial charge in [-0.3, -0.25) is 29.4 Å². The van der Waals surface area contributed by atoms with Crippen molar-refractivity contribution in [2.24, 2.45) is 41.4 Å². The number of imide groups is 2. The van der Waals surface area contributed by atoms with E-state index in [1.165, 1.54) is 114 Å². The summed E-state index contributed by atoms with van der Waals surface area (Å²) in [6.07, 6.45) is 25.9. The molecule has 0 aromatic heterocycles. The number of hydrogen-bond donors (Lipinski definition) is 3. The monoisotopic (exact) mass is 735 g/mol. The van der Waals surface area contributed by atoms with Gasteiger partial charge in [0.1, 0.15) is 6.04 Å². The predicted molar refractivity (Wildman–Crippen MR) is 206 cm³/mol. The van der Waals surface area contributed by atoms with E-state index < -0.39 is 11.9 Å². The van der Waals surface area contributed by atoms with E-state index in [9.17, 15) is 24.3 Å². The fourth-order valence-corrected chi connectivity index (χ4v) is 12.4. The first-order valence-electron chi connectivity index (χ1n) is 22.4. The van der Waals surface area contributed by atoms with E-state index in [-0.39, 0.29) is 54.5 Å². The Hall–Kier alpha value is -2.10. The molecule has 4 unspecified atom stereocenters. The Balaban J connectivity index is 0.807. The number of piperidine rings is 2. The molecular weight excluding hydrogens is 665 g/mol. The van der Waals surface area contributed by atoms with Crippen LogP contribution in [-0.2, 0) is 19.2 Å². The van der Waals surface area contributed by atoms with E-state index in [1.807, 2.05) is 11.1 Å². The van der Waals surface area contributed by atoms with Crippen molar-refractivity contribution in [2.75, 3.05) is 26.2 Å². The number of likely N-dealkylation sites (tertiary alicyclic amines) is 2. The molecule has 7 fully saturated rings. The summed E-state index contributed by atoms with van der Waals surface area (Å²) in [6, 6.07) is -0.614. The summed E-state index contributed by atoms with van der Waals surface area (Å²) in [5.41, 5.74) is 3.77. The van der Waals surface area contributed by atoms with Gasteiger partial charge in [-0.05, 0) is 178 Å². The summed E-state index contributed by atoms with van der Waals surface area (Å²) in [7, 11) is 0. The van der Waals surface area contributed by atoms with Crippen LogP contribution in [-0.4, -0.2) is 82.9 Å². The molecule has 9 heteroatoms. The molecule has 3 saturated heterocycles. The summed E-state index contributed by atoms with van der Waals surface area (Å²) in [5, 5.41) is 16.3. The summed E-state index contributed by atoms with van der Waals surface area (Å²) < 4.78 is 0. The molecule has 4 saturated carbocycles. The van der Waals surface area contributed by atoms with Crippen molar-refractivity contribution in [3.8, 4) is 0 Å². The van der Waals surface area contributed by atoms with Crippen LogP contribution in [0.25, 0.3) is 0 Å². The normalized spacial score (nSPS) is 36.0. The number of unbranched alkanes of at least 4 members (excludes halogenated alkanes) is 1. The van der Waals surface area contributed by atoms with Crippen LogP contribution in [0.15, 0.2) is 11.1 Å². The molecule has 0 aromatic rings. The molecule has 7 rings (SSSR count). The SMILES string of the molecule is CC/C(=C(\C1CCC(O)CC1)C1CCC(C2CCN(CCCCNC3CCC4C(=O)N(C5CCC(=O)NC5=O)C(=O)C4C3)CC2)CC1)C1CCCCC1. The van der Waals surface area contributed by atoms with E-state index >= 15 is 0 Å². The Labute approximate surface area is 319 Å². The average molecular weight is 735 g/mol. The van der Waals surface area contributed by atoms with Crippen LogP contribution in [0.4, 0.5) is 0 Å². The van der Waals surface area contributed by atoms with Gasteiger partial charge in [0.05, 0.1) is 17.9 Å². The predicted octanol–water partition coefficient (Wildman–Crippen LogP) is 6.67. The van der Waals surface area contributed by atoms with Gasteiger partial charge < -0.3 is 15.3 Å². The van der Waals surface area contributed by atoms with Gasteiger partial charge in [0.15, 0.2) is 0 Å². The van der Waals surface area contributed by atoms with E-state index in [4.69, 9.17) is 0 Å². The molecule has 4 aliphatic carbocycles. The minimum Gasteiger partial charge on any atom is -0.393 e. The smallest absolute Gasteiger partial charge is 0.249 e. The number of aliphatic hydroxyl groups is 1. The third kappa shape index (κ3) is 9.14. The number of carbonyl (C=O) groups is 4. The molecule has 9 nitrogen and oxygen atoms in total. The first-order valence-corrected chi connectivity index (χ1v) is 22.4. The summed E-state index contributed by atoms with van der Waals surface area (Å²) in [6.45, 7) is 7.00. The molecule has 3 heterocycles. The maximum atomic E-state index is 13.3. The van der Waals surface area contributed by atoms with Crippen LogP contribution >= 0.6 is 0 Å². The third-order valence-corrected chi connectivity index (χ3v) is 15.3. The van der Waals surface area contributed by atoms with Gasteiger partial charge in [0, 0.05) is 12.5 Å². The number of fused-ring (bicyclic) bond motifs is 1. The van der Waals surface area contributed by atoms with Gasteiger partial charge in [-0.1, -0.05) is 37.3 Å². The molecule has 0 spiro atoms. The number of allylic oxidation sites excluding steroid dienone is 2. The van der Waals surface area contributed by atoms with E-state index in [0.717, 1.165) is 68.4 Å². The van der Waals surface area contributed by atoms with Crippen LogP contribution < -0.4 is 10.6 Å². The van der Waals surface area contributed by atoms with Gasteiger partial charge in [-0.15, -0.1) is 0 Å². The van der Waals surface area contributed by atoms with Crippen molar-refractivity contribution in [2.45, 2.75) is 173 Å². The largest absolute Gasteiger partial charge is 0.393 e. The van der Waals surface area contributed by atoms with E-state index in [2.05, 4.69) is 22.5 Å². The molecule has 296 valence electrons. The molecular formula is C44H70N4O5. The highest BCUT2D eigenvalue weighted by atomic mass is 16.3. The lowest BCUT2D eigenvalue weighted by Gasteiger charge is -2.42. The zero-order valence-corrected chi connectivity index (χ0v) is 32.8. The lowest BCUT2D eigenvalue weighted by atomic mass is 9.65. The second-order valence-electron chi connectivity index (χ2n) is 18.4. The van der Waals surface area contributed by atoms with Crippen LogP contribution in [0, 0.1) is 41.4 Å². The van der Waals surface area contributed by atoms with Crippen molar-refractivity contribution in [3.05, 3.63) is 11.1 Å². The number of aliphatic hydroxyl groups excluding tert-OH is 1. The summed E-state index contributed by atoms with van der Waals surface area (Å²) >= 11 is 0. The minimum absolute atomic E-state index is 0.0717. The Morgan fingerprint density at radius 2 is 1.38 bits per heavy atom. The summed E-state index contributed by atoms with van der Waals surface area (Å²) in [4.78, 5) is 54.3. The lowest BCUT2D eigenvalue weighted by molar-refractivity contribution is -0.151. The van der Waals surface area contributed by atoms with Gasteiger partial charge in [0.2, 0.25) is 23.6 Å². The zero-order chi connectivity index (χ0) is 36.9. The van der Waals surface area contributed by atoms with Crippen LogP contribution in [0.5, 0.6) is 0 Å². The van der Waals surface area contributed by atoms with Gasteiger partial charge in [0.25, 0.3) is 0 Å². The minimum atomic E-state index is -0.839. The Bertz CT molecular complexity index is 1320. The number of rotatable bonds is 12. The molecule has 4 atom stereocenters. The molecule has 7 aliphatic rings. The topological polar surface area (TPSA) is 119 Å². The highest BCUT2D eigenvalue weighted by Gasteiger charge is 2.54. The van der Waals surface area contributed by atoms with Crippen molar-refractivity contribution in [1.29, 1.82) is 0 Å². The fourth-order valence-electron chi connectivity index (χ4n) is 12.4. The second-order valence-corrected chi connectivity index (χ2v) is 18.4. The highest BCUT2D eigenvalue weighted by Crippen LogP contribution is 2.48. The van der Waals surface area contributed by atoms with E-state index in [0.29, 0.717) is 12.8 Å². The van der Waals surface area contributed by atoms with Crippen LogP contribution in [0.2, 0.25) is 0 Å². The number of nitrogens with one attached hydrogen (secondary N) is 2. The average Bonchev–Trinajstić information content (AvgIpc) is 3.42.